The molecule has 0 amide bonds. The number of rotatable bonds is 2. The van der Waals surface area contributed by atoms with Gasteiger partial charge in [0.05, 0.1) is 6.61 Å². The Labute approximate surface area is 126 Å². The second-order valence-electron chi connectivity index (χ2n) is 8.39. The number of hydrogen-bond acceptors (Lipinski definition) is 4. The molecule has 0 saturated heterocycles. The predicted octanol–water partition coefficient (Wildman–Crippen LogP) is 3.07. The molecule has 0 heterocycles. The summed E-state index contributed by atoms with van der Waals surface area (Å²) in [5, 5.41) is 0. The van der Waals surface area contributed by atoms with Crippen LogP contribution >= 0.6 is 0 Å². The van der Waals surface area contributed by atoms with Crippen molar-refractivity contribution >= 4 is 17.5 Å². The first-order valence-corrected chi connectivity index (χ1v) is 7.70. The van der Waals surface area contributed by atoms with Crippen LogP contribution in [0.1, 0.15) is 66.2 Å². The standard InChI is InChI=1S/C17H26O4/c1-12(18)21-11-16(4)6-14(20)8-17(10-16)7-13(19)5-15(2,3)9-17/h5-11H2,1-4H3. The van der Waals surface area contributed by atoms with Gasteiger partial charge in [0.1, 0.15) is 11.6 Å². The Morgan fingerprint density at radius 3 is 2.10 bits per heavy atom. The molecule has 2 saturated carbocycles. The van der Waals surface area contributed by atoms with E-state index in [-0.39, 0.29) is 40.4 Å². The summed E-state index contributed by atoms with van der Waals surface area (Å²) < 4.78 is 5.17. The van der Waals surface area contributed by atoms with E-state index < -0.39 is 0 Å². The lowest BCUT2D eigenvalue weighted by Gasteiger charge is -2.50. The third-order valence-electron chi connectivity index (χ3n) is 4.72. The molecular formula is C17H26O4. The topological polar surface area (TPSA) is 60.4 Å². The van der Waals surface area contributed by atoms with Gasteiger partial charge in [-0.25, -0.2) is 0 Å². The first-order chi connectivity index (χ1) is 9.53. The van der Waals surface area contributed by atoms with Gasteiger partial charge in [-0.1, -0.05) is 20.8 Å². The molecule has 1 spiro atoms. The SMILES string of the molecule is CC(=O)OCC1(C)CC(=O)CC2(CC(=O)CC(C)(C)C2)C1. The van der Waals surface area contributed by atoms with Gasteiger partial charge in [0.2, 0.25) is 0 Å². The van der Waals surface area contributed by atoms with Crippen molar-refractivity contribution < 1.29 is 19.1 Å². The summed E-state index contributed by atoms with van der Waals surface area (Å²) in [6, 6.07) is 0. The van der Waals surface area contributed by atoms with Crippen molar-refractivity contribution in [2.75, 3.05) is 6.61 Å². The van der Waals surface area contributed by atoms with Crippen molar-refractivity contribution in [3.05, 3.63) is 0 Å². The van der Waals surface area contributed by atoms with E-state index in [0.717, 1.165) is 12.8 Å². The molecule has 21 heavy (non-hydrogen) atoms. The predicted molar refractivity (Wildman–Crippen MR) is 78.7 cm³/mol. The number of Topliss-reactive ketones (excluding diaryl/α,β-unsaturated/α-hetero) is 2. The molecule has 118 valence electrons. The van der Waals surface area contributed by atoms with Crippen molar-refractivity contribution in [1.82, 2.24) is 0 Å². The smallest absolute Gasteiger partial charge is 0.302 e. The number of hydrogen-bond donors (Lipinski definition) is 0. The molecule has 0 radical (unpaired) electrons. The minimum atomic E-state index is -0.339. The summed E-state index contributed by atoms with van der Waals surface area (Å²) in [7, 11) is 0. The fraction of sp³-hybridized carbons (Fsp3) is 0.824. The Kier molecular flexibility index (Phi) is 4.02. The number of esters is 1. The van der Waals surface area contributed by atoms with Crippen LogP contribution < -0.4 is 0 Å². The number of ketones is 2. The summed E-state index contributed by atoms with van der Waals surface area (Å²) in [6.07, 6.45) is 3.72. The van der Waals surface area contributed by atoms with E-state index in [9.17, 15) is 14.4 Å². The first-order valence-electron chi connectivity index (χ1n) is 7.70. The molecule has 0 aromatic rings. The second-order valence-corrected chi connectivity index (χ2v) is 8.39. The van der Waals surface area contributed by atoms with Crippen LogP contribution in [0.4, 0.5) is 0 Å². The van der Waals surface area contributed by atoms with Crippen molar-refractivity contribution in [2.45, 2.75) is 66.2 Å². The number of carbonyl (C=O) groups is 3. The van der Waals surface area contributed by atoms with Crippen LogP contribution in [0.25, 0.3) is 0 Å². The van der Waals surface area contributed by atoms with Crippen LogP contribution in [0.3, 0.4) is 0 Å². The van der Waals surface area contributed by atoms with Crippen molar-refractivity contribution in [1.29, 1.82) is 0 Å². The van der Waals surface area contributed by atoms with E-state index in [0.29, 0.717) is 25.7 Å². The molecule has 4 heteroatoms. The average molecular weight is 294 g/mol. The maximum atomic E-state index is 12.3. The van der Waals surface area contributed by atoms with Crippen LogP contribution in [-0.2, 0) is 19.1 Å². The molecular weight excluding hydrogens is 268 g/mol. The van der Waals surface area contributed by atoms with E-state index in [2.05, 4.69) is 13.8 Å². The Morgan fingerprint density at radius 1 is 1.00 bits per heavy atom. The van der Waals surface area contributed by atoms with E-state index in [4.69, 9.17) is 4.74 Å². The van der Waals surface area contributed by atoms with E-state index in [1.807, 2.05) is 6.92 Å². The maximum Gasteiger partial charge on any atom is 0.302 e. The highest BCUT2D eigenvalue weighted by Crippen LogP contribution is 2.55. The Bertz CT molecular complexity index is 475. The molecule has 2 rings (SSSR count). The fourth-order valence-electron chi connectivity index (χ4n) is 4.77. The fourth-order valence-corrected chi connectivity index (χ4v) is 4.77. The molecule has 0 N–H and O–H groups in total. The molecule has 2 aliphatic carbocycles. The van der Waals surface area contributed by atoms with Crippen LogP contribution in [0.15, 0.2) is 0 Å². The Morgan fingerprint density at radius 2 is 1.57 bits per heavy atom. The van der Waals surface area contributed by atoms with E-state index in [1.165, 1.54) is 6.92 Å². The van der Waals surface area contributed by atoms with Crippen LogP contribution in [0.5, 0.6) is 0 Å². The zero-order valence-electron chi connectivity index (χ0n) is 13.6. The summed E-state index contributed by atoms with van der Waals surface area (Å²) in [5.74, 6) is 0.139. The molecule has 0 bridgehead atoms. The normalized spacial score (nSPS) is 35.8. The van der Waals surface area contributed by atoms with Crippen molar-refractivity contribution in [2.24, 2.45) is 16.2 Å². The van der Waals surface area contributed by atoms with Gasteiger partial charge in [0.15, 0.2) is 0 Å². The summed E-state index contributed by atoms with van der Waals surface area (Å²) in [4.78, 5) is 35.5. The average Bonchev–Trinajstić information content (AvgIpc) is 2.20. The molecule has 2 aliphatic rings. The van der Waals surface area contributed by atoms with Gasteiger partial charge >= 0.3 is 5.97 Å². The lowest BCUT2D eigenvalue weighted by atomic mass is 9.53. The Hall–Kier alpha value is -1.19. The summed E-state index contributed by atoms with van der Waals surface area (Å²) in [6.45, 7) is 7.87. The largest absolute Gasteiger partial charge is 0.465 e. The highest BCUT2D eigenvalue weighted by molar-refractivity contribution is 5.85. The van der Waals surface area contributed by atoms with Crippen LogP contribution in [0, 0.1) is 16.2 Å². The quantitative estimate of drug-likeness (QED) is 0.734. The van der Waals surface area contributed by atoms with Gasteiger partial charge in [-0.3, -0.25) is 14.4 Å². The summed E-state index contributed by atoms with van der Waals surface area (Å²) >= 11 is 0. The Balaban J connectivity index is 2.21. The molecule has 0 aromatic heterocycles. The molecule has 2 atom stereocenters. The molecule has 2 fully saturated rings. The van der Waals surface area contributed by atoms with Crippen molar-refractivity contribution in [3.8, 4) is 0 Å². The summed E-state index contributed by atoms with van der Waals surface area (Å²) in [5.41, 5.74) is -0.618. The molecule has 2 unspecified atom stereocenters. The monoisotopic (exact) mass is 294 g/mol. The van der Waals surface area contributed by atoms with Gasteiger partial charge in [0, 0.05) is 38.0 Å². The van der Waals surface area contributed by atoms with Gasteiger partial charge in [-0.2, -0.15) is 0 Å². The van der Waals surface area contributed by atoms with Crippen LogP contribution in [0.2, 0.25) is 0 Å². The molecule has 0 aromatic carbocycles. The molecule has 4 nitrogen and oxygen atoms in total. The lowest BCUT2D eigenvalue weighted by Crippen LogP contribution is -2.47. The minimum absolute atomic E-state index is 0.0463. The second kappa shape index (κ2) is 5.22. The zero-order valence-corrected chi connectivity index (χ0v) is 13.6. The van der Waals surface area contributed by atoms with E-state index >= 15 is 0 Å². The van der Waals surface area contributed by atoms with Gasteiger partial charge in [-0.05, 0) is 23.7 Å². The highest BCUT2D eigenvalue weighted by atomic mass is 16.5. The van der Waals surface area contributed by atoms with Gasteiger partial charge in [0.25, 0.3) is 0 Å². The highest BCUT2D eigenvalue weighted by Gasteiger charge is 2.51. The van der Waals surface area contributed by atoms with E-state index in [1.54, 1.807) is 0 Å². The van der Waals surface area contributed by atoms with Gasteiger partial charge < -0.3 is 4.74 Å². The molecule has 0 aliphatic heterocycles. The first kappa shape index (κ1) is 16.2. The van der Waals surface area contributed by atoms with Crippen LogP contribution in [-0.4, -0.2) is 24.1 Å². The van der Waals surface area contributed by atoms with Gasteiger partial charge in [-0.15, -0.1) is 0 Å². The lowest BCUT2D eigenvalue weighted by molar-refractivity contribution is -0.152. The third kappa shape index (κ3) is 3.92. The minimum Gasteiger partial charge on any atom is -0.465 e. The maximum absolute atomic E-state index is 12.3. The van der Waals surface area contributed by atoms with Crippen molar-refractivity contribution in [3.63, 3.8) is 0 Å². The number of ether oxygens (including phenoxy) is 1. The zero-order chi connectivity index (χ0) is 15.9. The number of carbonyl (C=O) groups excluding carboxylic acids is 3. The third-order valence-corrected chi connectivity index (χ3v) is 4.72.